The van der Waals surface area contributed by atoms with E-state index >= 15 is 0 Å². The molecule has 1 N–H and O–H groups in total. The van der Waals surface area contributed by atoms with Crippen LogP contribution in [0.1, 0.15) is 48.3 Å². The van der Waals surface area contributed by atoms with Gasteiger partial charge >= 0.3 is 0 Å². The maximum Gasteiger partial charge on any atom is 0.273 e. The van der Waals surface area contributed by atoms with Gasteiger partial charge in [0, 0.05) is 35.3 Å². The van der Waals surface area contributed by atoms with E-state index in [2.05, 4.69) is 10.3 Å². The topological polar surface area (TPSA) is 79.4 Å². The van der Waals surface area contributed by atoms with Crippen LogP contribution in [0.25, 0.3) is 0 Å². The van der Waals surface area contributed by atoms with Crippen molar-refractivity contribution in [1.82, 2.24) is 10.3 Å². The number of pyridine rings is 1. The van der Waals surface area contributed by atoms with Gasteiger partial charge in [-0.05, 0) is 43.9 Å². The van der Waals surface area contributed by atoms with E-state index in [-0.39, 0.29) is 11.7 Å². The molecule has 10 heteroatoms. The molecule has 1 aromatic heterocycles. The quantitative estimate of drug-likeness (QED) is 0.658. The molecular formula is C22H24ClF2N3O3S. The highest BCUT2D eigenvalue weighted by atomic mass is 35.5. The summed E-state index contributed by atoms with van der Waals surface area (Å²) in [5, 5.41) is 3.78. The Bertz CT molecular complexity index is 1140. The molecule has 2 aromatic rings. The molecule has 1 aliphatic rings. The standard InChI is InChI=1S/C22H24ClF2N3O3S/c1-14(8-10-32(2,30)31)27-22(29)21-19(25)12-16(13-26-21)28-9-4-3-5-20(28)17-7-6-15(24)11-18(17)23/h6-8,10-14,20H,3-5,9H2,1-2H3,(H,27,29)/b10-8+/t14-,20+/m1/s1. The van der Waals surface area contributed by atoms with Gasteiger partial charge in [-0.15, -0.1) is 0 Å². The number of nitrogens with one attached hydrogen (secondary N) is 1. The maximum absolute atomic E-state index is 14.8. The third-order valence-corrected chi connectivity index (χ3v) is 6.15. The zero-order chi connectivity index (χ0) is 23.5. The number of hydrogen-bond donors (Lipinski definition) is 1. The fraction of sp³-hybridized carbons (Fsp3) is 0.364. The molecule has 3 rings (SSSR count). The van der Waals surface area contributed by atoms with Gasteiger partial charge in [-0.2, -0.15) is 0 Å². The number of halogens is 3. The molecule has 1 fully saturated rings. The summed E-state index contributed by atoms with van der Waals surface area (Å²) in [5.41, 5.74) is 0.859. The number of nitrogens with zero attached hydrogens (tertiary/aromatic N) is 2. The summed E-state index contributed by atoms with van der Waals surface area (Å²) in [6, 6.07) is 4.69. The lowest BCUT2D eigenvalue weighted by Crippen LogP contribution is -2.35. The SMILES string of the molecule is C[C@H](/C=C/S(C)(=O)=O)NC(=O)c1ncc(N2CCCC[C@H]2c2ccc(F)cc2Cl)cc1F. The van der Waals surface area contributed by atoms with Crippen LogP contribution in [-0.4, -0.2) is 38.2 Å². The maximum atomic E-state index is 14.8. The monoisotopic (exact) mass is 483 g/mol. The minimum Gasteiger partial charge on any atom is -0.363 e. The molecule has 0 aliphatic carbocycles. The van der Waals surface area contributed by atoms with E-state index in [1.165, 1.54) is 30.5 Å². The number of anilines is 1. The first-order valence-electron chi connectivity index (χ1n) is 10.1. The zero-order valence-corrected chi connectivity index (χ0v) is 19.3. The highest BCUT2D eigenvalue weighted by Gasteiger charge is 2.27. The second-order valence-electron chi connectivity index (χ2n) is 7.81. The van der Waals surface area contributed by atoms with Crippen molar-refractivity contribution >= 4 is 33.0 Å². The number of carbonyl (C=O) groups excluding carboxylic acids is 1. The number of hydrogen-bond acceptors (Lipinski definition) is 5. The Kier molecular flexibility index (Phi) is 7.51. The largest absolute Gasteiger partial charge is 0.363 e. The summed E-state index contributed by atoms with van der Waals surface area (Å²) in [4.78, 5) is 18.4. The second-order valence-corrected chi connectivity index (χ2v) is 10.2. The Morgan fingerprint density at radius 2 is 2.06 bits per heavy atom. The molecule has 6 nitrogen and oxygen atoms in total. The van der Waals surface area contributed by atoms with Crippen molar-refractivity contribution < 1.29 is 22.0 Å². The summed E-state index contributed by atoms with van der Waals surface area (Å²) in [6.07, 6.45) is 6.35. The van der Waals surface area contributed by atoms with Crippen molar-refractivity contribution in [3.8, 4) is 0 Å². The van der Waals surface area contributed by atoms with Crippen LogP contribution in [0.2, 0.25) is 5.02 Å². The predicted octanol–water partition coefficient (Wildman–Crippen LogP) is 4.42. The smallest absolute Gasteiger partial charge is 0.273 e. The fourth-order valence-corrected chi connectivity index (χ4v) is 4.49. The van der Waals surface area contributed by atoms with Crippen LogP contribution in [0.4, 0.5) is 14.5 Å². The summed E-state index contributed by atoms with van der Waals surface area (Å²) < 4.78 is 50.7. The molecule has 2 atom stereocenters. The van der Waals surface area contributed by atoms with Gasteiger partial charge in [0.25, 0.3) is 5.91 Å². The average molecular weight is 484 g/mol. The van der Waals surface area contributed by atoms with Crippen LogP contribution in [0.15, 0.2) is 41.9 Å². The van der Waals surface area contributed by atoms with Crippen molar-refractivity contribution in [3.63, 3.8) is 0 Å². The Morgan fingerprint density at radius 1 is 1.31 bits per heavy atom. The number of piperidine rings is 1. The van der Waals surface area contributed by atoms with Gasteiger partial charge in [0.1, 0.15) is 5.82 Å². The van der Waals surface area contributed by atoms with Gasteiger partial charge < -0.3 is 10.2 Å². The van der Waals surface area contributed by atoms with Gasteiger partial charge in [-0.3, -0.25) is 4.79 Å². The normalized spacial score (nSPS) is 18.0. The molecule has 1 saturated heterocycles. The third kappa shape index (κ3) is 6.04. The van der Waals surface area contributed by atoms with E-state index < -0.39 is 33.4 Å². The highest BCUT2D eigenvalue weighted by molar-refractivity contribution is 7.93. The summed E-state index contributed by atoms with van der Waals surface area (Å²) in [7, 11) is -3.34. The number of rotatable bonds is 6. The molecule has 0 saturated carbocycles. The molecule has 32 heavy (non-hydrogen) atoms. The van der Waals surface area contributed by atoms with E-state index in [1.807, 2.05) is 4.90 Å². The minimum absolute atomic E-state index is 0.168. The van der Waals surface area contributed by atoms with Crippen molar-refractivity contribution in [2.75, 3.05) is 17.7 Å². The lowest BCUT2D eigenvalue weighted by atomic mass is 9.94. The minimum atomic E-state index is -3.34. The first kappa shape index (κ1) is 24.1. The van der Waals surface area contributed by atoms with Gasteiger partial charge in [0.2, 0.25) is 0 Å². The third-order valence-electron chi connectivity index (χ3n) is 5.17. The van der Waals surface area contributed by atoms with Crippen LogP contribution in [0.5, 0.6) is 0 Å². The molecule has 0 radical (unpaired) electrons. The van der Waals surface area contributed by atoms with Crippen LogP contribution < -0.4 is 10.2 Å². The molecule has 1 aliphatic heterocycles. The summed E-state index contributed by atoms with van der Waals surface area (Å²) in [5.74, 6) is -1.98. The predicted molar refractivity (Wildman–Crippen MR) is 120 cm³/mol. The van der Waals surface area contributed by atoms with Crippen molar-refractivity contribution in [1.29, 1.82) is 0 Å². The molecule has 172 valence electrons. The van der Waals surface area contributed by atoms with E-state index in [4.69, 9.17) is 11.6 Å². The lowest BCUT2D eigenvalue weighted by Gasteiger charge is -2.38. The van der Waals surface area contributed by atoms with Crippen LogP contribution in [0, 0.1) is 11.6 Å². The van der Waals surface area contributed by atoms with Gasteiger partial charge in [-0.25, -0.2) is 22.2 Å². The van der Waals surface area contributed by atoms with Gasteiger partial charge in [0.15, 0.2) is 21.3 Å². The van der Waals surface area contributed by atoms with E-state index in [0.29, 0.717) is 17.3 Å². The summed E-state index contributed by atoms with van der Waals surface area (Å²) in [6.45, 7) is 2.20. The van der Waals surface area contributed by atoms with Gasteiger partial charge in [0.05, 0.1) is 17.9 Å². The first-order chi connectivity index (χ1) is 15.0. The lowest BCUT2D eigenvalue weighted by molar-refractivity contribution is 0.0937. The fourth-order valence-electron chi connectivity index (χ4n) is 3.67. The average Bonchev–Trinajstić information content (AvgIpc) is 2.72. The molecule has 1 aromatic carbocycles. The first-order valence-corrected chi connectivity index (χ1v) is 12.4. The number of benzene rings is 1. The summed E-state index contributed by atoms with van der Waals surface area (Å²) >= 11 is 6.26. The number of sulfone groups is 1. The van der Waals surface area contributed by atoms with Crippen molar-refractivity contribution in [2.24, 2.45) is 0 Å². The van der Waals surface area contributed by atoms with E-state index in [0.717, 1.165) is 36.5 Å². The Labute approximate surface area is 191 Å². The molecule has 0 unspecified atom stereocenters. The Morgan fingerprint density at radius 3 is 2.72 bits per heavy atom. The van der Waals surface area contributed by atoms with Crippen LogP contribution in [-0.2, 0) is 9.84 Å². The Hall–Kier alpha value is -2.52. The van der Waals surface area contributed by atoms with E-state index in [1.54, 1.807) is 13.0 Å². The number of aromatic nitrogens is 1. The van der Waals surface area contributed by atoms with Crippen LogP contribution in [0.3, 0.4) is 0 Å². The highest BCUT2D eigenvalue weighted by Crippen LogP contribution is 2.38. The van der Waals surface area contributed by atoms with E-state index in [9.17, 15) is 22.0 Å². The van der Waals surface area contributed by atoms with Crippen molar-refractivity contribution in [3.05, 3.63) is 69.9 Å². The zero-order valence-electron chi connectivity index (χ0n) is 17.7. The molecule has 0 bridgehead atoms. The van der Waals surface area contributed by atoms with Crippen molar-refractivity contribution in [2.45, 2.75) is 38.3 Å². The molecule has 1 amide bonds. The number of carbonyl (C=O) groups is 1. The van der Waals surface area contributed by atoms with Crippen LogP contribution >= 0.6 is 11.6 Å². The van der Waals surface area contributed by atoms with Gasteiger partial charge in [-0.1, -0.05) is 23.7 Å². The Balaban J connectivity index is 1.81. The molecule has 2 heterocycles. The number of amides is 1. The second kappa shape index (κ2) is 9.95. The molecule has 0 spiro atoms. The molecular weight excluding hydrogens is 460 g/mol.